The zero-order valence-corrected chi connectivity index (χ0v) is 10.5. The maximum atomic E-state index is 13.6. The molecule has 0 aliphatic heterocycles. The SMILES string of the molecule is O=C(O)c1ccc(-c2cc(F)c(F)cc2F)cc1C(F)(F)F. The minimum atomic E-state index is -5.00. The predicted octanol–water partition coefficient (Wildman–Crippen LogP) is 4.49. The first-order valence-electron chi connectivity index (χ1n) is 5.70. The summed E-state index contributed by atoms with van der Waals surface area (Å²) in [5.41, 5.74) is -3.57. The molecular formula is C14H6F6O2. The average molecular weight is 320 g/mol. The molecule has 8 heteroatoms. The van der Waals surface area contributed by atoms with Crippen molar-refractivity contribution in [2.75, 3.05) is 0 Å². The molecule has 0 heterocycles. The largest absolute Gasteiger partial charge is 0.478 e. The molecule has 22 heavy (non-hydrogen) atoms. The number of halogens is 6. The fourth-order valence-electron chi connectivity index (χ4n) is 1.88. The topological polar surface area (TPSA) is 37.3 Å². The number of rotatable bonds is 2. The third-order valence-electron chi connectivity index (χ3n) is 2.88. The molecule has 2 aromatic rings. The van der Waals surface area contributed by atoms with Crippen LogP contribution in [-0.4, -0.2) is 11.1 Å². The highest BCUT2D eigenvalue weighted by Gasteiger charge is 2.35. The quantitative estimate of drug-likeness (QED) is 0.654. The van der Waals surface area contributed by atoms with Crippen LogP contribution in [0.5, 0.6) is 0 Å². The van der Waals surface area contributed by atoms with Crippen molar-refractivity contribution in [1.82, 2.24) is 0 Å². The molecule has 0 bridgehead atoms. The molecular weight excluding hydrogens is 314 g/mol. The number of benzene rings is 2. The lowest BCUT2D eigenvalue weighted by Crippen LogP contribution is -2.13. The van der Waals surface area contributed by atoms with Gasteiger partial charge in [-0.25, -0.2) is 18.0 Å². The Morgan fingerprint density at radius 2 is 1.50 bits per heavy atom. The highest BCUT2D eigenvalue weighted by Crippen LogP contribution is 2.36. The molecule has 0 aliphatic carbocycles. The minimum absolute atomic E-state index is 0.197. The second-order valence-electron chi connectivity index (χ2n) is 4.31. The van der Waals surface area contributed by atoms with E-state index >= 15 is 0 Å². The number of hydrogen-bond donors (Lipinski definition) is 1. The molecule has 0 radical (unpaired) electrons. The molecule has 0 aromatic heterocycles. The summed E-state index contributed by atoms with van der Waals surface area (Å²) in [4.78, 5) is 10.8. The molecule has 0 unspecified atom stereocenters. The number of carboxylic acid groups (broad SMARTS) is 1. The van der Waals surface area contributed by atoms with Crippen molar-refractivity contribution in [1.29, 1.82) is 0 Å². The van der Waals surface area contributed by atoms with Crippen LogP contribution in [0.3, 0.4) is 0 Å². The number of carboxylic acids is 1. The van der Waals surface area contributed by atoms with Gasteiger partial charge in [-0.3, -0.25) is 0 Å². The smallest absolute Gasteiger partial charge is 0.417 e. The van der Waals surface area contributed by atoms with Crippen molar-refractivity contribution in [3.63, 3.8) is 0 Å². The van der Waals surface area contributed by atoms with E-state index in [0.717, 1.165) is 6.07 Å². The maximum Gasteiger partial charge on any atom is 0.417 e. The minimum Gasteiger partial charge on any atom is -0.478 e. The van der Waals surface area contributed by atoms with Crippen LogP contribution in [0.25, 0.3) is 11.1 Å². The summed E-state index contributed by atoms with van der Waals surface area (Å²) in [6.45, 7) is 0. The fraction of sp³-hybridized carbons (Fsp3) is 0.0714. The molecule has 0 spiro atoms. The van der Waals surface area contributed by atoms with Crippen molar-refractivity contribution >= 4 is 5.97 Å². The van der Waals surface area contributed by atoms with Crippen LogP contribution in [0.1, 0.15) is 15.9 Å². The van der Waals surface area contributed by atoms with Gasteiger partial charge in [-0.1, -0.05) is 6.07 Å². The van der Waals surface area contributed by atoms with Gasteiger partial charge in [-0.05, 0) is 23.8 Å². The van der Waals surface area contributed by atoms with E-state index in [1.165, 1.54) is 0 Å². The Labute approximate surface area is 119 Å². The van der Waals surface area contributed by atoms with Gasteiger partial charge in [-0.2, -0.15) is 13.2 Å². The molecule has 2 aromatic carbocycles. The third kappa shape index (κ3) is 2.90. The molecule has 2 nitrogen and oxygen atoms in total. The standard InChI is InChI=1S/C14H6F6O2/c15-10-5-12(17)11(16)4-8(10)6-1-2-7(13(21)22)9(3-6)14(18,19)20/h1-5H,(H,21,22). The highest BCUT2D eigenvalue weighted by molar-refractivity contribution is 5.90. The Morgan fingerprint density at radius 1 is 0.909 bits per heavy atom. The molecule has 1 N–H and O–H groups in total. The van der Waals surface area contributed by atoms with E-state index in [0.29, 0.717) is 18.2 Å². The van der Waals surface area contributed by atoms with Crippen LogP contribution in [0.4, 0.5) is 26.3 Å². The lowest BCUT2D eigenvalue weighted by Gasteiger charge is -2.13. The van der Waals surface area contributed by atoms with E-state index in [4.69, 9.17) is 5.11 Å². The summed E-state index contributed by atoms with van der Waals surface area (Å²) in [7, 11) is 0. The molecule has 0 aliphatic rings. The highest BCUT2D eigenvalue weighted by atomic mass is 19.4. The van der Waals surface area contributed by atoms with Crippen LogP contribution in [0.2, 0.25) is 0 Å². The van der Waals surface area contributed by atoms with Crippen molar-refractivity contribution in [3.8, 4) is 11.1 Å². The third-order valence-corrected chi connectivity index (χ3v) is 2.88. The fourth-order valence-corrected chi connectivity index (χ4v) is 1.88. The van der Waals surface area contributed by atoms with Gasteiger partial charge in [0.25, 0.3) is 0 Å². The van der Waals surface area contributed by atoms with Gasteiger partial charge in [0.05, 0.1) is 11.1 Å². The number of carbonyl (C=O) groups is 1. The van der Waals surface area contributed by atoms with E-state index in [1.807, 2.05) is 0 Å². The Hall–Kier alpha value is -2.51. The van der Waals surface area contributed by atoms with Gasteiger partial charge in [-0.15, -0.1) is 0 Å². The van der Waals surface area contributed by atoms with Crippen LogP contribution in [0, 0.1) is 17.5 Å². The summed E-state index contributed by atoms with van der Waals surface area (Å²) in [5.74, 6) is -6.01. The van der Waals surface area contributed by atoms with Crippen molar-refractivity contribution < 1.29 is 36.2 Å². The van der Waals surface area contributed by atoms with Crippen molar-refractivity contribution in [3.05, 3.63) is 58.9 Å². The van der Waals surface area contributed by atoms with E-state index < -0.39 is 51.9 Å². The number of alkyl halides is 3. The first-order valence-corrected chi connectivity index (χ1v) is 5.70. The van der Waals surface area contributed by atoms with Crippen LogP contribution < -0.4 is 0 Å². The molecule has 2 rings (SSSR count). The zero-order chi connectivity index (χ0) is 16.7. The summed E-state index contributed by atoms with van der Waals surface area (Å²) >= 11 is 0. The Kier molecular flexibility index (Phi) is 3.87. The monoisotopic (exact) mass is 320 g/mol. The summed E-state index contributed by atoms with van der Waals surface area (Å²) in [6.07, 6.45) is -5.00. The van der Waals surface area contributed by atoms with E-state index in [1.54, 1.807) is 0 Å². The molecule has 0 atom stereocenters. The Bertz CT molecular complexity index is 752. The van der Waals surface area contributed by atoms with E-state index in [-0.39, 0.29) is 6.07 Å². The van der Waals surface area contributed by atoms with Crippen molar-refractivity contribution in [2.45, 2.75) is 6.18 Å². The van der Waals surface area contributed by atoms with E-state index in [9.17, 15) is 31.1 Å². The normalized spacial score (nSPS) is 11.5. The maximum absolute atomic E-state index is 13.6. The van der Waals surface area contributed by atoms with Gasteiger partial charge in [0, 0.05) is 11.6 Å². The number of hydrogen-bond acceptors (Lipinski definition) is 1. The van der Waals surface area contributed by atoms with Crippen LogP contribution in [-0.2, 0) is 6.18 Å². The molecule has 116 valence electrons. The predicted molar refractivity (Wildman–Crippen MR) is 63.7 cm³/mol. The Morgan fingerprint density at radius 3 is 2.05 bits per heavy atom. The molecule has 0 saturated carbocycles. The van der Waals surface area contributed by atoms with Gasteiger partial charge >= 0.3 is 12.1 Å². The number of aromatic carboxylic acids is 1. The first-order chi connectivity index (χ1) is 10.1. The van der Waals surface area contributed by atoms with E-state index in [2.05, 4.69) is 0 Å². The summed E-state index contributed by atoms with van der Waals surface area (Å²) < 4.78 is 78.1. The summed E-state index contributed by atoms with van der Waals surface area (Å²) in [6, 6.07) is 2.48. The molecule has 0 amide bonds. The second kappa shape index (κ2) is 5.36. The lowest BCUT2D eigenvalue weighted by molar-refractivity contribution is -0.138. The van der Waals surface area contributed by atoms with Gasteiger partial charge in [0.1, 0.15) is 5.82 Å². The summed E-state index contributed by atoms with van der Waals surface area (Å²) in [5, 5.41) is 8.74. The van der Waals surface area contributed by atoms with Crippen molar-refractivity contribution in [2.24, 2.45) is 0 Å². The zero-order valence-electron chi connectivity index (χ0n) is 10.5. The van der Waals surface area contributed by atoms with Gasteiger partial charge in [0.2, 0.25) is 0 Å². The average Bonchev–Trinajstić information content (AvgIpc) is 2.41. The van der Waals surface area contributed by atoms with Gasteiger partial charge < -0.3 is 5.11 Å². The van der Waals surface area contributed by atoms with Gasteiger partial charge in [0.15, 0.2) is 11.6 Å². The first kappa shape index (κ1) is 15.9. The lowest BCUT2D eigenvalue weighted by atomic mass is 9.98. The van der Waals surface area contributed by atoms with Crippen LogP contribution in [0.15, 0.2) is 30.3 Å². The molecule has 0 fully saturated rings. The second-order valence-corrected chi connectivity index (χ2v) is 4.31. The van der Waals surface area contributed by atoms with Crippen LogP contribution >= 0.6 is 0 Å². The Balaban J connectivity index is 2.69. The molecule has 0 saturated heterocycles.